The van der Waals surface area contributed by atoms with Gasteiger partial charge in [-0.25, -0.2) is 4.98 Å². The van der Waals surface area contributed by atoms with Crippen molar-refractivity contribution in [3.63, 3.8) is 0 Å². The molecule has 1 fully saturated rings. The highest BCUT2D eigenvalue weighted by molar-refractivity contribution is 7.10. The Kier molecular flexibility index (Phi) is 5.39. The van der Waals surface area contributed by atoms with Crippen LogP contribution in [0.25, 0.3) is 11.3 Å². The highest BCUT2D eigenvalue weighted by Gasteiger charge is 2.39. The van der Waals surface area contributed by atoms with Crippen LogP contribution in [-0.2, 0) is 16.7 Å². The number of thiazole rings is 1. The van der Waals surface area contributed by atoms with Crippen molar-refractivity contribution < 1.29 is 4.74 Å². The second-order valence-electron chi connectivity index (χ2n) is 7.44. The zero-order chi connectivity index (χ0) is 18.7. The van der Waals surface area contributed by atoms with Crippen molar-refractivity contribution in [3.8, 4) is 11.3 Å². The van der Waals surface area contributed by atoms with Crippen LogP contribution in [0, 0.1) is 0 Å². The van der Waals surface area contributed by atoms with Crippen molar-refractivity contribution in [2.24, 2.45) is 0 Å². The fraction of sp³-hybridized carbons (Fsp3) is 0.348. The average Bonchev–Trinajstić information content (AvgIpc) is 3.20. The maximum atomic E-state index is 5.60. The lowest BCUT2D eigenvalue weighted by atomic mass is 9.89. The number of rotatable bonds is 5. The second kappa shape index (κ2) is 7.93. The Labute approximate surface area is 165 Å². The molecule has 3 nitrogen and oxygen atoms in total. The van der Waals surface area contributed by atoms with Gasteiger partial charge in [-0.15, -0.1) is 11.3 Å². The molecule has 0 spiro atoms. The van der Waals surface area contributed by atoms with Crippen LogP contribution < -0.4 is 0 Å². The average molecular weight is 379 g/mol. The molecule has 2 aromatic carbocycles. The molecule has 0 N–H and O–H groups in total. The van der Waals surface area contributed by atoms with Gasteiger partial charge < -0.3 is 4.74 Å². The zero-order valence-corrected chi connectivity index (χ0v) is 16.8. The fourth-order valence-corrected chi connectivity index (χ4v) is 4.98. The molecule has 4 heteroatoms. The molecule has 0 atom stereocenters. The lowest BCUT2D eigenvalue weighted by Gasteiger charge is -2.41. The van der Waals surface area contributed by atoms with Crippen LogP contribution in [0.5, 0.6) is 0 Å². The molecular formula is C23H26N2OS. The first kappa shape index (κ1) is 18.4. The van der Waals surface area contributed by atoms with Crippen LogP contribution in [0.15, 0.2) is 60.0 Å². The normalized spacial score (nSPS) is 16.6. The SMILES string of the molecule is CN(C)C1(c2nc(-c3ccc(Cc4ccccc4)cc3)cs2)CCOCC1. The van der Waals surface area contributed by atoms with E-state index in [9.17, 15) is 0 Å². The van der Waals surface area contributed by atoms with Crippen molar-refractivity contribution in [2.75, 3.05) is 27.3 Å². The van der Waals surface area contributed by atoms with Crippen LogP contribution in [0.3, 0.4) is 0 Å². The minimum Gasteiger partial charge on any atom is -0.381 e. The third kappa shape index (κ3) is 3.84. The summed E-state index contributed by atoms with van der Waals surface area (Å²) < 4.78 is 5.60. The zero-order valence-electron chi connectivity index (χ0n) is 16.0. The maximum Gasteiger partial charge on any atom is 0.114 e. The molecule has 140 valence electrons. The van der Waals surface area contributed by atoms with E-state index in [0.29, 0.717) is 0 Å². The number of hydrogen-bond donors (Lipinski definition) is 0. The van der Waals surface area contributed by atoms with Crippen LogP contribution in [0.1, 0.15) is 29.0 Å². The van der Waals surface area contributed by atoms with Crippen molar-refractivity contribution in [1.82, 2.24) is 9.88 Å². The largest absolute Gasteiger partial charge is 0.381 e. The Morgan fingerprint density at radius 2 is 1.63 bits per heavy atom. The molecule has 0 radical (unpaired) electrons. The van der Waals surface area contributed by atoms with Crippen molar-refractivity contribution >= 4 is 11.3 Å². The van der Waals surface area contributed by atoms with Gasteiger partial charge in [0.15, 0.2) is 0 Å². The van der Waals surface area contributed by atoms with E-state index in [-0.39, 0.29) is 5.54 Å². The Bertz CT molecular complexity index is 865. The van der Waals surface area contributed by atoms with Gasteiger partial charge in [0.25, 0.3) is 0 Å². The maximum absolute atomic E-state index is 5.60. The molecule has 1 aromatic heterocycles. The summed E-state index contributed by atoms with van der Waals surface area (Å²) in [6.07, 6.45) is 2.97. The predicted molar refractivity (Wildman–Crippen MR) is 112 cm³/mol. The van der Waals surface area contributed by atoms with Gasteiger partial charge in [-0.05, 0) is 44.5 Å². The molecule has 0 amide bonds. The molecule has 0 unspecified atom stereocenters. The number of benzene rings is 2. The predicted octanol–water partition coefficient (Wildman–Crippen LogP) is 4.97. The number of aromatic nitrogens is 1. The van der Waals surface area contributed by atoms with Gasteiger partial charge in [-0.3, -0.25) is 4.90 Å². The molecule has 2 heterocycles. The van der Waals surface area contributed by atoms with Gasteiger partial charge in [0.2, 0.25) is 0 Å². The summed E-state index contributed by atoms with van der Waals surface area (Å²) in [6.45, 7) is 1.61. The minimum absolute atomic E-state index is 0.00835. The Hall–Kier alpha value is -2.01. The van der Waals surface area contributed by atoms with Gasteiger partial charge in [0.05, 0.1) is 11.2 Å². The molecule has 0 aliphatic carbocycles. The third-order valence-electron chi connectivity index (χ3n) is 5.58. The lowest BCUT2D eigenvalue weighted by Crippen LogP contribution is -2.45. The molecule has 1 saturated heterocycles. The van der Waals surface area contributed by atoms with Crippen molar-refractivity contribution in [2.45, 2.75) is 24.8 Å². The summed E-state index contributed by atoms with van der Waals surface area (Å²) >= 11 is 1.78. The minimum atomic E-state index is 0.00835. The van der Waals surface area contributed by atoms with E-state index in [1.165, 1.54) is 21.7 Å². The fourth-order valence-electron chi connectivity index (χ4n) is 3.81. The Morgan fingerprint density at radius 3 is 2.30 bits per heavy atom. The first-order valence-corrected chi connectivity index (χ1v) is 10.4. The van der Waals surface area contributed by atoms with E-state index in [1.54, 1.807) is 11.3 Å². The molecule has 0 bridgehead atoms. The van der Waals surface area contributed by atoms with Crippen LogP contribution in [-0.4, -0.2) is 37.2 Å². The van der Waals surface area contributed by atoms with Gasteiger partial charge in [-0.1, -0.05) is 54.6 Å². The van der Waals surface area contributed by atoms with E-state index < -0.39 is 0 Å². The number of nitrogens with zero attached hydrogens (tertiary/aromatic N) is 2. The van der Waals surface area contributed by atoms with Gasteiger partial charge >= 0.3 is 0 Å². The lowest BCUT2D eigenvalue weighted by molar-refractivity contribution is -0.0106. The van der Waals surface area contributed by atoms with Crippen molar-refractivity contribution in [3.05, 3.63) is 76.1 Å². The van der Waals surface area contributed by atoms with Crippen molar-refractivity contribution in [1.29, 1.82) is 0 Å². The Balaban J connectivity index is 1.54. The third-order valence-corrected chi connectivity index (χ3v) is 6.61. The van der Waals surface area contributed by atoms with E-state index in [1.807, 2.05) is 0 Å². The molecule has 27 heavy (non-hydrogen) atoms. The van der Waals surface area contributed by atoms with E-state index >= 15 is 0 Å². The standard InChI is InChI=1S/C23H26N2OS/c1-25(2)23(12-14-26-15-13-23)22-24-21(17-27-22)20-10-8-19(9-11-20)16-18-6-4-3-5-7-18/h3-11,17H,12-16H2,1-2H3. The van der Waals surface area contributed by atoms with E-state index in [2.05, 4.69) is 79.0 Å². The summed E-state index contributed by atoms with van der Waals surface area (Å²) in [6, 6.07) is 19.4. The number of hydrogen-bond acceptors (Lipinski definition) is 4. The summed E-state index contributed by atoms with van der Waals surface area (Å²) in [7, 11) is 4.32. The summed E-state index contributed by atoms with van der Waals surface area (Å²) in [4.78, 5) is 7.35. The molecule has 1 aliphatic rings. The van der Waals surface area contributed by atoms with Crippen LogP contribution >= 0.6 is 11.3 Å². The monoisotopic (exact) mass is 378 g/mol. The topological polar surface area (TPSA) is 25.4 Å². The van der Waals surface area contributed by atoms with Gasteiger partial charge in [-0.2, -0.15) is 0 Å². The first-order chi connectivity index (χ1) is 13.2. The molecule has 1 aliphatic heterocycles. The molecular weight excluding hydrogens is 352 g/mol. The summed E-state index contributed by atoms with van der Waals surface area (Å²) in [5.74, 6) is 0. The highest BCUT2D eigenvalue weighted by atomic mass is 32.1. The molecule has 0 saturated carbocycles. The van der Waals surface area contributed by atoms with E-state index in [4.69, 9.17) is 9.72 Å². The van der Waals surface area contributed by atoms with E-state index in [0.717, 1.165) is 38.2 Å². The van der Waals surface area contributed by atoms with Crippen LogP contribution in [0.4, 0.5) is 0 Å². The quantitative estimate of drug-likeness (QED) is 0.627. The van der Waals surface area contributed by atoms with Gasteiger partial charge in [0.1, 0.15) is 5.01 Å². The van der Waals surface area contributed by atoms with Gasteiger partial charge in [0, 0.05) is 24.2 Å². The first-order valence-electron chi connectivity index (χ1n) is 9.52. The molecule has 3 aromatic rings. The van der Waals surface area contributed by atoms with Crippen LogP contribution in [0.2, 0.25) is 0 Å². The summed E-state index contributed by atoms with van der Waals surface area (Å²) in [5.41, 5.74) is 4.95. The smallest absolute Gasteiger partial charge is 0.114 e. The molecule has 4 rings (SSSR count). The summed E-state index contributed by atoms with van der Waals surface area (Å²) in [5, 5.41) is 3.40. The highest BCUT2D eigenvalue weighted by Crippen LogP contribution is 2.39. The Morgan fingerprint density at radius 1 is 0.963 bits per heavy atom. The second-order valence-corrected chi connectivity index (χ2v) is 8.29. The number of ether oxygens (including phenoxy) is 1.